The van der Waals surface area contributed by atoms with Gasteiger partial charge in [-0.2, -0.15) is 5.26 Å². The summed E-state index contributed by atoms with van der Waals surface area (Å²) in [4.78, 5) is 0. The van der Waals surface area contributed by atoms with Crippen molar-refractivity contribution in [1.29, 1.82) is 5.26 Å². The van der Waals surface area contributed by atoms with Crippen molar-refractivity contribution in [2.45, 2.75) is 33.2 Å². The van der Waals surface area contributed by atoms with Gasteiger partial charge in [-0.05, 0) is 50.9 Å². The molecule has 4 nitrogen and oxygen atoms in total. The Morgan fingerprint density at radius 1 is 1.32 bits per heavy atom. The van der Waals surface area contributed by atoms with Gasteiger partial charge in [-0.15, -0.1) is 0 Å². The van der Waals surface area contributed by atoms with Crippen molar-refractivity contribution in [2.75, 3.05) is 13.3 Å². The first-order valence-electron chi connectivity index (χ1n) is 6.61. The Morgan fingerprint density at radius 2 is 2.11 bits per heavy atom. The lowest BCUT2D eigenvalue weighted by Gasteiger charge is -2.14. The van der Waals surface area contributed by atoms with Gasteiger partial charge in [-0.1, -0.05) is 6.07 Å². The van der Waals surface area contributed by atoms with E-state index in [1.54, 1.807) is 0 Å². The molecule has 0 bridgehead atoms. The summed E-state index contributed by atoms with van der Waals surface area (Å²) in [5.74, 6) is 1.64. The lowest BCUT2D eigenvalue weighted by molar-refractivity contribution is 0.174. The second kappa shape index (κ2) is 5.94. The van der Waals surface area contributed by atoms with Gasteiger partial charge in [0.05, 0.1) is 11.5 Å². The topological polar surface area (TPSA) is 54.3 Å². The highest BCUT2D eigenvalue weighted by atomic mass is 16.7. The predicted octanol–water partition coefficient (Wildman–Crippen LogP) is 2.83. The van der Waals surface area contributed by atoms with E-state index in [-0.39, 0.29) is 5.41 Å². The maximum Gasteiger partial charge on any atom is 0.231 e. The van der Waals surface area contributed by atoms with Crippen LogP contribution in [0.4, 0.5) is 0 Å². The van der Waals surface area contributed by atoms with Gasteiger partial charge >= 0.3 is 0 Å². The molecule has 102 valence electrons. The largest absolute Gasteiger partial charge is 0.454 e. The smallest absolute Gasteiger partial charge is 0.231 e. The standard InChI is InChI=1S/C15H20N2O2/c1-15(2,10-16)6-3-7-17-9-12-4-5-13-14(8-12)19-11-18-13/h4-5,8,17H,3,6-7,9,11H2,1-2H3. The molecule has 1 aliphatic heterocycles. The summed E-state index contributed by atoms with van der Waals surface area (Å²) in [6.45, 7) is 5.99. The molecule has 0 spiro atoms. The van der Waals surface area contributed by atoms with Crippen LogP contribution >= 0.6 is 0 Å². The molecule has 0 atom stereocenters. The zero-order valence-corrected chi connectivity index (χ0v) is 11.5. The van der Waals surface area contributed by atoms with E-state index in [9.17, 15) is 0 Å². The highest BCUT2D eigenvalue weighted by Gasteiger charge is 2.15. The van der Waals surface area contributed by atoms with Crippen molar-refractivity contribution in [3.8, 4) is 17.6 Å². The molecule has 0 fully saturated rings. The summed E-state index contributed by atoms with van der Waals surface area (Å²) >= 11 is 0. The first-order valence-corrected chi connectivity index (χ1v) is 6.61. The second-order valence-electron chi connectivity index (χ2n) is 5.46. The van der Waals surface area contributed by atoms with Crippen molar-refractivity contribution < 1.29 is 9.47 Å². The summed E-state index contributed by atoms with van der Waals surface area (Å²) in [7, 11) is 0. The van der Waals surface area contributed by atoms with Crippen LogP contribution in [0.2, 0.25) is 0 Å². The molecule has 1 aromatic rings. The molecule has 4 heteroatoms. The number of rotatable bonds is 6. The zero-order valence-electron chi connectivity index (χ0n) is 11.5. The van der Waals surface area contributed by atoms with E-state index in [4.69, 9.17) is 14.7 Å². The normalized spacial score (nSPS) is 13.3. The highest BCUT2D eigenvalue weighted by molar-refractivity contribution is 5.44. The number of fused-ring (bicyclic) bond motifs is 1. The quantitative estimate of drug-likeness (QED) is 0.799. The number of nitrogens with one attached hydrogen (secondary N) is 1. The van der Waals surface area contributed by atoms with E-state index in [0.717, 1.165) is 37.4 Å². The predicted molar refractivity (Wildman–Crippen MR) is 72.9 cm³/mol. The van der Waals surface area contributed by atoms with E-state index in [2.05, 4.69) is 11.4 Å². The van der Waals surface area contributed by atoms with Crippen molar-refractivity contribution in [3.05, 3.63) is 23.8 Å². The Bertz CT molecular complexity index is 478. The van der Waals surface area contributed by atoms with Gasteiger partial charge < -0.3 is 14.8 Å². The van der Waals surface area contributed by atoms with Gasteiger partial charge in [0.2, 0.25) is 6.79 Å². The Labute approximate surface area is 114 Å². The Morgan fingerprint density at radius 3 is 2.89 bits per heavy atom. The van der Waals surface area contributed by atoms with Gasteiger partial charge in [0.1, 0.15) is 0 Å². The van der Waals surface area contributed by atoms with Gasteiger partial charge in [0.15, 0.2) is 11.5 Å². The fourth-order valence-corrected chi connectivity index (χ4v) is 1.99. The molecule has 0 aliphatic carbocycles. The number of hydrogen-bond acceptors (Lipinski definition) is 4. The molecule has 19 heavy (non-hydrogen) atoms. The van der Waals surface area contributed by atoms with Crippen LogP contribution in [0.5, 0.6) is 11.5 Å². The molecule has 0 aromatic heterocycles. The summed E-state index contributed by atoms with van der Waals surface area (Å²) in [6.07, 6.45) is 1.92. The Hall–Kier alpha value is -1.73. The summed E-state index contributed by atoms with van der Waals surface area (Å²) < 4.78 is 10.6. The minimum Gasteiger partial charge on any atom is -0.454 e. The number of nitriles is 1. The molecule has 1 heterocycles. The van der Waals surface area contributed by atoms with Crippen LogP contribution in [0.1, 0.15) is 32.3 Å². The summed E-state index contributed by atoms with van der Waals surface area (Å²) in [6, 6.07) is 8.31. The first-order chi connectivity index (χ1) is 9.11. The van der Waals surface area contributed by atoms with Gasteiger partial charge in [-0.25, -0.2) is 0 Å². The summed E-state index contributed by atoms with van der Waals surface area (Å²) in [5, 5.41) is 12.3. The van der Waals surface area contributed by atoms with Crippen LogP contribution in [0.3, 0.4) is 0 Å². The monoisotopic (exact) mass is 260 g/mol. The lowest BCUT2D eigenvalue weighted by Crippen LogP contribution is -2.17. The molecular formula is C15H20N2O2. The lowest BCUT2D eigenvalue weighted by atomic mass is 9.90. The molecule has 0 radical (unpaired) electrons. The minimum absolute atomic E-state index is 0.222. The molecule has 2 rings (SSSR count). The van der Waals surface area contributed by atoms with Crippen LogP contribution in [0.25, 0.3) is 0 Å². The van der Waals surface area contributed by atoms with Crippen LogP contribution in [0.15, 0.2) is 18.2 Å². The fourth-order valence-electron chi connectivity index (χ4n) is 1.99. The third kappa shape index (κ3) is 3.87. The maximum absolute atomic E-state index is 8.92. The third-order valence-corrected chi connectivity index (χ3v) is 3.22. The van der Waals surface area contributed by atoms with E-state index in [1.807, 2.05) is 32.0 Å². The molecule has 0 saturated carbocycles. The SMILES string of the molecule is CC(C)(C#N)CCCNCc1ccc2c(c1)OCO2. The van der Waals surface area contributed by atoms with Gasteiger partial charge in [-0.3, -0.25) is 0 Å². The van der Waals surface area contributed by atoms with Crippen molar-refractivity contribution >= 4 is 0 Å². The van der Waals surface area contributed by atoms with E-state index in [1.165, 1.54) is 5.56 Å². The van der Waals surface area contributed by atoms with Crippen LogP contribution in [0, 0.1) is 16.7 Å². The number of ether oxygens (including phenoxy) is 2. The Kier molecular flexibility index (Phi) is 4.28. The molecule has 1 aromatic carbocycles. The molecule has 1 aliphatic rings. The van der Waals surface area contributed by atoms with Gasteiger partial charge in [0, 0.05) is 6.54 Å². The molecular weight excluding hydrogens is 240 g/mol. The number of hydrogen-bond donors (Lipinski definition) is 1. The molecule has 0 unspecified atom stereocenters. The van der Waals surface area contributed by atoms with Crippen LogP contribution < -0.4 is 14.8 Å². The third-order valence-electron chi connectivity index (χ3n) is 3.22. The van der Waals surface area contributed by atoms with Crippen LogP contribution in [-0.2, 0) is 6.54 Å². The average Bonchev–Trinajstić information content (AvgIpc) is 2.85. The summed E-state index contributed by atoms with van der Waals surface area (Å²) in [5.41, 5.74) is 0.962. The van der Waals surface area contributed by atoms with E-state index < -0.39 is 0 Å². The molecule has 0 saturated heterocycles. The van der Waals surface area contributed by atoms with Crippen molar-refractivity contribution in [3.63, 3.8) is 0 Å². The number of benzene rings is 1. The molecule has 1 N–H and O–H groups in total. The fraction of sp³-hybridized carbons (Fsp3) is 0.533. The molecule has 0 amide bonds. The van der Waals surface area contributed by atoms with Crippen molar-refractivity contribution in [2.24, 2.45) is 5.41 Å². The maximum atomic E-state index is 8.92. The first kappa shape index (κ1) is 13.7. The van der Waals surface area contributed by atoms with E-state index in [0.29, 0.717) is 6.79 Å². The van der Waals surface area contributed by atoms with E-state index >= 15 is 0 Å². The minimum atomic E-state index is -0.222. The zero-order chi connectivity index (χ0) is 13.7. The average molecular weight is 260 g/mol. The van der Waals surface area contributed by atoms with Crippen LogP contribution in [-0.4, -0.2) is 13.3 Å². The van der Waals surface area contributed by atoms with Gasteiger partial charge in [0.25, 0.3) is 0 Å². The van der Waals surface area contributed by atoms with Crippen molar-refractivity contribution in [1.82, 2.24) is 5.32 Å². The second-order valence-corrected chi connectivity index (χ2v) is 5.46. The highest BCUT2D eigenvalue weighted by Crippen LogP contribution is 2.32. The Balaban J connectivity index is 1.71. The number of nitrogens with zero attached hydrogens (tertiary/aromatic N) is 1.